The van der Waals surface area contributed by atoms with Crippen LogP contribution in [0.3, 0.4) is 0 Å². The van der Waals surface area contributed by atoms with Gasteiger partial charge in [0.25, 0.3) is 0 Å². The van der Waals surface area contributed by atoms with E-state index in [-0.39, 0.29) is 5.54 Å². The Bertz CT molecular complexity index is 529. The molecule has 0 aromatic heterocycles. The quantitative estimate of drug-likeness (QED) is 0.853. The van der Waals surface area contributed by atoms with Gasteiger partial charge in [0, 0.05) is 22.2 Å². The molecule has 1 fully saturated rings. The van der Waals surface area contributed by atoms with Crippen molar-refractivity contribution in [2.45, 2.75) is 50.5 Å². The van der Waals surface area contributed by atoms with Crippen molar-refractivity contribution in [3.05, 3.63) is 21.2 Å². The number of benzene rings is 1. The molecule has 2 N–H and O–H groups in total. The van der Waals surface area contributed by atoms with Crippen LogP contribution in [0.15, 0.2) is 4.47 Å². The summed E-state index contributed by atoms with van der Waals surface area (Å²) in [5.41, 5.74) is 10.3. The smallest absolute Gasteiger partial charge is 0.137 e. The molecule has 0 spiro atoms. The van der Waals surface area contributed by atoms with Gasteiger partial charge in [-0.25, -0.2) is 0 Å². The second kappa shape index (κ2) is 4.63. The molecule has 3 nitrogen and oxygen atoms in total. The average Bonchev–Trinajstić information content (AvgIpc) is 2.46. The molecule has 1 saturated carbocycles. The van der Waals surface area contributed by atoms with E-state index in [2.05, 4.69) is 15.9 Å². The van der Waals surface area contributed by atoms with Gasteiger partial charge in [-0.3, -0.25) is 0 Å². The van der Waals surface area contributed by atoms with E-state index in [0.717, 1.165) is 67.7 Å². The summed E-state index contributed by atoms with van der Waals surface area (Å²) in [7, 11) is 0. The van der Waals surface area contributed by atoms with Crippen LogP contribution in [-0.2, 0) is 18.4 Å². The largest absolute Gasteiger partial charge is 0.493 e. The fourth-order valence-corrected chi connectivity index (χ4v) is 4.45. The summed E-state index contributed by atoms with van der Waals surface area (Å²) in [4.78, 5) is 0. The molecule has 4 rings (SSSR count). The fraction of sp³-hybridized carbons (Fsp3) is 0.625. The summed E-state index contributed by atoms with van der Waals surface area (Å²) in [6.45, 7) is 1.62. The minimum absolute atomic E-state index is 0.188. The summed E-state index contributed by atoms with van der Waals surface area (Å²) >= 11 is 3.75. The van der Waals surface area contributed by atoms with Gasteiger partial charge in [0.1, 0.15) is 11.5 Å². The van der Waals surface area contributed by atoms with Crippen molar-refractivity contribution < 1.29 is 9.47 Å². The van der Waals surface area contributed by atoms with E-state index in [1.807, 2.05) is 0 Å². The summed E-state index contributed by atoms with van der Waals surface area (Å²) in [5.74, 6) is 2.10. The van der Waals surface area contributed by atoms with E-state index in [4.69, 9.17) is 15.2 Å². The van der Waals surface area contributed by atoms with Gasteiger partial charge in [0.05, 0.1) is 17.7 Å². The van der Waals surface area contributed by atoms with Crippen LogP contribution < -0.4 is 15.2 Å². The molecule has 0 saturated heterocycles. The van der Waals surface area contributed by atoms with Crippen molar-refractivity contribution in [3.63, 3.8) is 0 Å². The molecule has 108 valence electrons. The molecule has 1 aromatic carbocycles. The van der Waals surface area contributed by atoms with Gasteiger partial charge < -0.3 is 15.2 Å². The van der Waals surface area contributed by atoms with E-state index >= 15 is 0 Å². The van der Waals surface area contributed by atoms with Crippen molar-refractivity contribution in [2.24, 2.45) is 5.73 Å². The van der Waals surface area contributed by atoms with E-state index < -0.39 is 0 Å². The van der Waals surface area contributed by atoms with Gasteiger partial charge >= 0.3 is 0 Å². The number of ether oxygens (including phenoxy) is 2. The molecule has 1 aromatic rings. The third kappa shape index (κ3) is 1.74. The zero-order valence-corrected chi connectivity index (χ0v) is 13.2. The molecular formula is C16H20BrNO2. The van der Waals surface area contributed by atoms with Gasteiger partial charge in [0.2, 0.25) is 0 Å². The van der Waals surface area contributed by atoms with Crippen molar-refractivity contribution in [3.8, 4) is 11.5 Å². The summed E-state index contributed by atoms with van der Waals surface area (Å²) in [6.07, 6.45) is 7.60. The average molecular weight is 338 g/mol. The van der Waals surface area contributed by atoms with E-state index in [1.165, 1.54) is 23.1 Å². The van der Waals surface area contributed by atoms with Crippen molar-refractivity contribution in [1.29, 1.82) is 0 Å². The second-order valence-corrected chi connectivity index (χ2v) is 7.01. The van der Waals surface area contributed by atoms with Crippen LogP contribution in [0.25, 0.3) is 0 Å². The Kier molecular flexibility index (Phi) is 3.00. The lowest BCUT2D eigenvalue weighted by Crippen LogP contribution is -2.45. The minimum Gasteiger partial charge on any atom is -0.493 e. The maximum atomic E-state index is 6.67. The van der Waals surface area contributed by atoms with Crippen LogP contribution in [0, 0.1) is 0 Å². The number of halogens is 1. The zero-order valence-electron chi connectivity index (χ0n) is 11.6. The molecule has 3 aliphatic rings. The third-order valence-electron chi connectivity index (χ3n) is 4.92. The first-order valence-corrected chi connectivity index (χ1v) is 8.42. The highest BCUT2D eigenvalue weighted by atomic mass is 79.9. The fourth-order valence-electron chi connectivity index (χ4n) is 3.72. The Balaban J connectivity index is 1.99. The lowest BCUT2D eigenvalue weighted by atomic mass is 9.69. The highest BCUT2D eigenvalue weighted by molar-refractivity contribution is 9.10. The van der Waals surface area contributed by atoms with Crippen molar-refractivity contribution >= 4 is 15.9 Å². The molecule has 20 heavy (non-hydrogen) atoms. The van der Waals surface area contributed by atoms with Gasteiger partial charge in [-0.15, -0.1) is 0 Å². The first-order valence-electron chi connectivity index (χ1n) is 7.63. The summed E-state index contributed by atoms with van der Waals surface area (Å²) < 4.78 is 13.1. The lowest BCUT2D eigenvalue weighted by molar-refractivity contribution is 0.216. The van der Waals surface area contributed by atoms with Crippen molar-refractivity contribution in [1.82, 2.24) is 0 Å². The Morgan fingerprint density at radius 3 is 2.20 bits per heavy atom. The summed E-state index contributed by atoms with van der Waals surface area (Å²) in [6, 6.07) is 0. The highest BCUT2D eigenvalue weighted by Crippen LogP contribution is 2.53. The maximum absolute atomic E-state index is 6.67. The van der Waals surface area contributed by atoms with Crippen LogP contribution in [0.5, 0.6) is 11.5 Å². The number of hydrogen-bond acceptors (Lipinski definition) is 3. The second-order valence-electron chi connectivity index (χ2n) is 6.22. The van der Waals surface area contributed by atoms with Gasteiger partial charge in [0.15, 0.2) is 0 Å². The molecule has 0 atom stereocenters. The lowest BCUT2D eigenvalue weighted by Gasteiger charge is -2.43. The van der Waals surface area contributed by atoms with Gasteiger partial charge in [-0.2, -0.15) is 0 Å². The molecule has 4 heteroatoms. The maximum Gasteiger partial charge on any atom is 0.137 e. The normalized spacial score (nSPS) is 22.9. The van der Waals surface area contributed by atoms with E-state index in [0.29, 0.717) is 0 Å². The third-order valence-corrected chi connectivity index (χ3v) is 5.76. The van der Waals surface area contributed by atoms with E-state index in [9.17, 15) is 0 Å². The molecule has 1 aliphatic carbocycles. The van der Waals surface area contributed by atoms with Crippen LogP contribution in [0.2, 0.25) is 0 Å². The molecule has 2 heterocycles. The number of nitrogens with two attached hydrogens (primary N) is 1. The van der Waals surface area contributed by atoms with Gasteiger partial charge in [-0.05, 0) is 60.9 Å². The number of fused-ring (bicyclic) bond motifs is 2. The summed E-state index contributed by atoms with van der Waals surface area (Å²) in [5, 5.41) is 0. The standard InChI is InChI=1S/C16H20BrNO2/c17-13-11-5-2-8-19-14(11)12(16(18)6-3-7-16)10-4-1-9-20-15(10)13/h1-9,18H2. The molecule has 2 aliphatic heterocycles. The molecule has 0 amide bonds. The van der Waals surface area contributed by atoms with Crippen LogP contribution >= 0.6 is 15.9 Å². The first kappa shape index (κ1) is 13.0. The SMILES string of the molecule is NC1(c2c3c(c(Br)c4c2OCCC4)OCCC3)CCC1. The van der Waals surface area contributed by atoms with Crippen LogP contribution in [0.1, 0.15) is 48.8 Å². The van der Waals surface area contributed by atoms with Crippen molar-refractivity contribution in [2.75, 3.05) is 13.2 Å². The predicted octanol–water partition coefficient (Wildman–Crippen LogP) is 3.44. The monoisotopic (exact) mass is 337 g/mol. The zero-order chi connectivity index (χ0) is 13.7. The Hall–Kier alpha value is -0.740. The topological polar surface area (TPSA) is 44.5 Å². The number of rotatable bonds is 1. The highest BCUT2D eigenvalue weighted by Gasteiger charge is 2.42. The molecule has 0 radical (unpaired) electrons. The Labute approximate surface area is 127 Å². The van der Waals surface area contributed by atoms with E-state index in [1.54, 1.807) is 0 Å². The first-order chi connectivity index (χ1) is 9.71. The predicted molar refractivity (Wildman–Crippen MR) is 81.5 cm³/mol. The van der Waals surface area contributed by atoms with Gasteiger partial charge in [-0.1, -0.05) is 0 Å². The van der Waals surface area contributed by atoms with Crippen LogP contribution in [0.4, 0.5) is 0 Å². The molecule has 0 unspecified atom stereocenters. The minimum atomic E-state index is -0.188. The van der Waals surface area contributed by atoms with Crippen LogP contribution in [-0.4, -0.2) is 13.2 Å². The molecule has 0 bridgehead atoms. The molecular weight excluding hydrogens is 318 g/mol. The Morgan fingerprint density at radius 2 is 1.55 bits per heavy atom. The Morgan fingerprint density at radius 1 is 0.900 bits per heavy atom. The number of hydrogen-bond donors (Lipinski definition) is 1.